The number of benzene rings is 1. The molecular weight excluding hydrogens is 162 g/mol. The van der Waals surface area contributed by atoms with Gasteiger partial charge in [-0.15, -0.1) is 0 Å². The molecule has 1 atom stereocenters. The van der Waals surface area contributed by atoms with Crippen LogP contribution in [0.5, 0.6) is 0 Å². The summed E-state index contributed by atoms with van der Waals surface area (Å²) in [5, 5.41) is 4.37. The van der Waals surface area contributed by atoms with E-state index in [9.17, 15) is 0 Å². The van der Waals surface area contributed by atoms with Crippen molar-refractivity contribution in [1.82, 2.24) is 5.32 Å². The van der Waals surface area contributed by atoms with Crippen molar-refractivity contribution in [3.63, 3.8) is 0 Å². The molecule has 0 bridgehead atoms. The van der Waals surface area contributed by atoms with E-state index in [4.69, 9.17) is 0 Å². The van der Waals surface area contributed by atoms with Crippen LogP contribution >= 0.6 is 0 Å². The number of hydrogen-bond donors (Lipinski definition) is 1. The Morgan fingerprint density at radius 1 is 1.42 bits per heavy atom. The smallest absolute Gasteiger partial charge is 0.0715 e. The number of likely N-dealkylation sites (N-methyl/N-ethyl adjacent to an activating group) is 1. The van der Waals surface area contributed by atoms with Crippen LogP contribution in [0.25, 0.3) is 0 Å². The van der Waals surface area contributed by atoms with E-state index in [2.05, 4.69) is 40.7 Å². The molecule has 2 heteroatoms. The van der Waals surface area contributed by atoms with Gasteiger partial charge in [-0.2, -0.15) is 0 Å². The van der Waals surface area contributed by atoms with E-state index in [1.54, 1.807) is 0 Å². The van der Waals surface area contributed by atoms with Crippen LogP contribution in [0.1, 0.15) is 18.4 Å². The summed E-state index contributed by atoms with van der Waals surface area (Å²) in [5.74, 6) is 0.559. The summed E-state index contributed by atoms with van der Waals surface area (Å²) in [5.41, 5.74) is 1.36. The maximum atomic E-state index is 3.59. The molecular formula is C10H14NSi. The highest BCUT2D eigenvalue weighted by Crippen LogP contribution is 2.10. The van der Waals surface area contributed by atoms with Crippen LogP contribution in [0, 0.1) is 0 Å². The van der Waals surface area contributed by atoms with Crippen molar-refractivity contribution in [3.8, 4) is 0 Å². The highest BCUT2D eigenvalue weighted by Gasteiger charge is 2.05. The van der Waals surface area contributed by atoms with Gasteiger partial charge in [0, 0.05) is 6.54 Å². The normalized spacial score (nSPS) is 12.9. The van der Waals surface area contributed by atoms with Gasteiger partial charge in [-0.25, -0.2) is 0 Å². The first-order valence-electron chi connectivity index (χ1n) is 4.21. The topological polar surface area (TPSA) is 12.0 Å². The van der Waals surface area contributed by atoms with E-state index < -0.39 is 0 Å². The Kier molecular flexibility index (Phi) is 3.50. The zero-order valence-corrected chi connectivity index (χ0v) is 8.59. The molecule has 12 heavy (non-hydrogen) atoms. The van der Waals surface area contributed by atoms with Gasteiger partial charge in [-0.1, -0.05) is 36.4 Å². The summed E-state index contributed by atoms with van der Waals surface area (Å²) in [4.78, 5) is 0. The summed E-state index contributed by atoms with van der Waals surface area (Å²) in [6, 6.07) is 8.35. The van der Waals surface area contributed by atoms with Gasteiger partial charge < -0.3 is 5.32 Å². The summed E-state index contributed by atoms with van der Waals surface area (Å²) in [6.45, 7) is 3.23. The van der Waals surface area contributed by atoms with Gasteiger partial charge in [-0.3, -0.25) is 0 Å². The zero-order valence-electron chi connectivity index (χ0n) is 7.59. The maximum absolute atomic E-state index is 3.59. The Balaban J connectivity index is 2.79. The molecule has 0 fully saturated rings. The number of nitrogens with one attached hydrogen (secondary N) is 1. The van der Waals surface area contributed by atoms with Crippen molar-refractivity contribution in [2.24, 2.45) is 0 Å². The molecule has 1 aromatic rings. The molecule has 0 amide bonds. The zero-order chi connectivity index (χ0) is 8.97. The van der Waals surface area contributed by atoms with E-state index in [0.29, 0.717) is 5.92 Å². The van der Waals surface area contributed by atoms with Crippen LogP contribution < -0.4 is 10.5 Å². The molecule has 1 aromatic carbocycles. The Hall–Kier alpha value is -0.603. The fourth-order valence-corrected chi connectivity index (χ4v) is 1.77. The minimum Gasteiger partial charge on any atom is -0.319 e. The lowest BCUT2D eigenvalue weighted by Gasteiger charge is -2.13. The lowest BCUT2D eigenvalue weighted by Crippen LogP contribution is -2.20. The van der Waals surface area contributed by atoms with Crippen molar-refractivity contribution < 1.29 is 0 Å². The van der Waals surface area contributed by atoms with Crippen molar-refractivity contribution in [2.45, 2.75) is 12.8 Å². The van der Waals surface area contributed by atoms with Crippen molar-refractivity contribution in [2.75, 3.05) is 13.6 Å². The number of hydrogen-bond acceptors (Lipinski definition) is 1. The van der Waals surface area contributed by atoms with E-state index in [0.717, 1.165) is 6.54 Å². The molecule has 0 heterocycles. The Labute approximate surface area is 77.6 Å². The predicted molar refractivity (Wildman–Crippen MR) is 54.2 cm³/mol. The van der Waals surface area contributed by atoms with E-state index in [1.165, 1.54) is 10.8 Å². The van der Waals surface area contributed by atoms with Crippen LogP contribution in [0.4, 0.5) is 0 Å². The predicted octanol–water partition coefficient (Wildman–Crippen LogP) is 0.803. The number of rotatable bonds is 3. The molecule has 1 N–H and O–H groups in total. The summed E-state index contributed by atoms with van der Waals surface area (Å²) >= 11 is 0. The Morgan fingerprint density at radius 3 is 2.67 bits per heavy atom. The molecule has 1 rings (SSSR count). The van der Waals surface area contributed by atoms with Gasteiger partial charge >= 0.3 is 0 Å². The van der Waals surface area contributed by atoms with E-state index in [1.807, 2.05) is 13.1 Å². The molecule has 0 aliphatic carbocycles. The van der Waals surface area contributed by atoms with Crippen LogP contribution in [-0.2, 0) is 0 Å². The fourth-order valence-electron chi connectivity index (χ4n) is 1.34. The van der Waals surface area contributed by atoms with Crippen molar-refractivity contribution >= 4 is 15.4 Å². The summed E-state index contributed by atoms with van der Waals surface area (Å²) in [7, 11) is 5.57. The Morgan fingerprint density at radius 2 is 2.08 bits per heavy atom. The van der Waals surface area contributed by atoms with E-state index in [-0.39, 0.29) is 0 Å². The molecule has 0 aromatic heterocycles. The molecule has 0 spiro atoms. The summed E-state index contributed by atoms with van der Waals surface area (Å²) in [6.07, 6.45) is 0. The van der Waals surface area contributed by atoms with Crippen LogP contribution in [-0.4, -0.2) is 23.8 Å². The second-order valence-electron chi connectivity index (χ2n) is 3.05. The Bertz CT molecular complexity index is 247. The summed E-state index contributed by atoms with van der Waals surface area (Å²) < 4.78 is 0. The van der Waals surface area contributed by atoms with Gasteiger partial charge in [0.2, 0.25) is 0 Å². The van der Waals surface area contributed by atoms with Crippen molar-refractivity contribution in [1.29, 1.82) is 0 Å². The van der Waals surface area contributed by atoms with Gasteiger partial charge in [0.1, 0.15) is 0 Å². The highest BCUT2D eigenvalue weighted by atomic mass is 28.1. The van der Waals surface area contributed by atoms with Crippen LogP contribution in [0.15, 0.2) is 24.3 Å². The minimum absolute atomic E-state index is 0.559. The molecule has 63 valence electrons. The third kappa shape index (κ3) is 2.19. The van der Waals surface area contributed by atoms with Crippen LogP contribution in [0.3, 0.4) is 0 Å². The molecule has 0 saturated heterocycles. The molecule has 1 nitrogen and oxygen atoms in total. The van der Waals surface area contributed by atoms with E-state index >= 15 is 0 Å². The minimum atomic E-state index is 0.559. The quantitative estimate of drug-likeness (QED) is 0.672. The molecule has 0 aliphatic rings. The molecule has 0 aliphatic heterocycles. The molecule has 3 radical (unpaired) electrons. The molecule has 0 saturated carbocycles. The van der Waals surface area contributed by atoms with Gasteiger partial charge in [0.25, 0.3) is 0 Å². The SMILES string of the molecule is CNCC(C)c1ccccc1[Si]. The highest BCUT2D eigenvalue weighted by molar-refractivity contribution is 6.33. The van der Waals surface area contributed by atoms with Gasteiger partial charge in [-0.05, 0) is 18.5 Å². The average molecular weight is 176 g/mol. The lowest BCUT2D eigenvalue weighted by atomic mass is 10.0. The molecule has 1 unspecified atom stereocenters. The second-order valence-corrected chi connectivity index (χ2v) is 3.58. The largest absolute Gasteiger partial charge is 0.319 e. The second kappa shape index (κ2) is 4.43. The average Bonchev–Trinajstić information content (AvgIpc) is 2.05. The lowest BCUT2D eigenvalue weighted by molar-refractivity contribution is 0.680. The third-order valence-electron chi connectivity index (χ3n) is 2.00. The van der Waals surface area contributed by atoms with Gasteiger partial charge in [0.15, 0.2) is 0 Å². The third-order valence-corrected chi connectivity index (χ3v) is 2.46. The first kappa shape index (κ1) is 9.48. The van der Waals surface area contributed by atoms with Gasteiger partial charge in [0.05, 0.1) is 10.2 Å². The van der Waals surface area contributed by atoms with Crippen LogP contribution in [0.2, 0.25) is 0 Å². The first-order valence-corrected chi connectivity index (χ1v) is 4.71. The van der Waals surface area contributed by atoms with Crippen molar-refractivity contribution in [3.05, 3.63) is 29.8 Å². The maximum Gasteiger partial charge on any atom is 0.0715 e. The first-order chi connectivity index (χ1) is 5.75. The fraction of sp³-hybridized carbons (Fsp3) is 0.400. The standard InChI is InChI=1S/C10H14NSi/c1-8(7-11-2)9-5-3-4-6-10(9)12/h3-6,8,11H,7H2,1-2H3. The monoisotopic (exact) mass is 176 g/mol.